The Labute approximate surface area is 108 Å². The van der Waals surface area contributed by atoms with Gasteiger partial charge in [-0.3, -0.25) is 0 Å². The van der Waals surface area contributed by atoms with Crippen molar-refractivity contribution in [1.82, 2.24) is 0 Å². The van der Waals surface area contributed by atoms with Crippen molar-refractivity contribution in [2.24, 2.45) is 5.73 Å². The summed E-state index contributed by atoms with van der Waals surface area (Å²) in [5.41, 5.74) is 6.71. The molecule has 2 aromatic carbocycles. The average Bonchev–Trinajstić information content (AvgIpc) is 2.33. The second kappa shape index (κ2) is 6.94. The van der Waals surface area contributed by atoms with Gasteiger partial charge in [-0.1, -0.05) is 36.4 Å². The van der Waals surface area contributed by atoms with Gasteiger partial charge in [0.05, 0.1) is 0 Å². The highest BCUT2D eigenvalue weighted by atomic mass is 35.5. The van der Waals surface area contributed by atoms with E-state index in [1.54, 1.807) is 0 Å². The summed E-state index contributed by atoms with van der Waals surface area (Å²) in [4.78, 5) is 0. The van der Waals surface area contributed by atoms with Crippen molar-refractivity contribution in [3.63, 3.8) is 0 Å². The first-order valence-electron chi connectivity index (χ1n) is 5.41. The normalized spacial score (nSPS) is 9.47. The van der Waals surface area contributed by atoms with E-state index in [2.05, 4.69) is 0 Å². The van der Waals surface area contributed by atoms with E-state index >= 15 is 0 Å². The van der Waals surface area contributed by atoms with Gasteiger partial charge in [0.15, 0.2) is 0 Å². The molecule has 2 aromatic rings. The Balaban J connectivity index is 0.00000144. The number of para-hydroxylation sites is 2. The maximum absolute atomic E-state index is 5.81. The van der Waals surface area contributed by atoms with E-state index in [9.17, 15) is 0 Å². The summed E-state index contributed by atoms with van der Waals surface area (Å²) >= 11 is 0. The van der Waals surface area contributed by atoms with Gasteiger partial charge >= 0.3 is 0 Å². The minimum absolute atomic E-state index is 0. The van der Waals surface area contributed by atoms with Crippen LogP contribution in [0.25, 0.3) is 0 Å². The van der Waals surface area contributed by atoms with Gasteiger partial charge in [0.2, 0.25) is 0 Å². The molecule has 0 aliphatic heterocycles. The van der Waals surface area contributed by atoms with Gasteiger partial charge in [0.25, 0.3) is 0 Å². The van der Waals surface area contributed by atoms with Crippen LogP contribution in [0.3, 0.4) is 0 Å². The Hall–Kier alpha value is -1.51. The first-order valence-corrected chi connectivity index (χ1v) is 5.41. The maximum atomic E-state index is 5.81. The van der Waals surface area contributed by atoms with Gasteiger partial charge in [-0.25, -0.2) is 0 Å². The lowest BCUT2D eigenvalue weighted by Crippen LogP contribution is -2.03. The van der Waals surface area contributed by atoms with Gasteiger partial charge in [0, 0.05) is 0 Å². The maximum Gasteiger partial charge on any atom is 0.130 e. The molecule has 0 spiro atoms. The number of benzene rings is 2. The standard InChI is InChI=1S/C14H15NO.ClH/c15-11-10-12-6-4-5-9-14(12)16-13-7-2-1-3-8-13;/h1-9H,10-11,15H2;1H. The smallest absolute Gasteiger partial charge is 0.130 e. The minimum Gasteiger partial charge on any atom is -0.457 e. The quantitative estimate of drug-likeness (QED) is 0.901. The molecule has 0 amide bonds. The second-order valence-corrected chi connectivity index (χ2v) is 3.56. The largest absolute Gasteiger partial charge is 0.457 e. The SMILES string of the molecule is Cl.NCCc1ccccc1Oc1ccccc1. The van der Waals surface area contributed by atoms with E-state index in [1.807, 2.05) is 54.6 Å². The van der Waals surface area contributed by atoms with Crippen LogP contribution in [0.5, 0.6) is 11.5 Å². The van der Waals surface area contributed by atoms with E-state index in [4.69, 9.17) is 10.5 Å². The third-order valence-corrected chi connectivity index (χ3v) is 2.36. The molecule has 0 bridgehead atoms. The van der Waals surface area contributed by atoms with Crippen LogP contribution in [-0.2, 0) is 6.42 Å². The number of hydrogen-bond donors (Lipinski definition) is 1. The summed E-state index contributed by atoms with van der Waals surface area (Å²) < 4.78 is 5.81. The molecule has 2 rings (SSSR count). The predicted molar refractivity (Wildman–Crippen MR) is 73.0 cm³/mol. The molecular formula is C14H16ClNO. The zero-order valence-electron chi connectivity index (χ0n) is 9.50. The Kier molecular flexibility index (Phi) is 5.53. The molecule has 0 aliphatic rings. The second-order valence-electron chi connectivity index (χ2n) is 3.56. The third-order valence-electron chi connectivity index (χ3n) is 2.36. The number of ether oxygens (including phenoxy) is 1. The molecule has 17 heavy (non-hydrogen) atoms. The van der Waals surface area contributed by atoms with E-state index in [0.29, 0.717) is 6.54 Å². The van der Waals surface area contributed by atoms with Crippen LogP contribution >= 0.6 is 12.4 Å². The number of nitrogens with two attached hydrogens (primary N) is 1. The monoisotopic (exact) mass is 249 g/mol. The summed E-state index contributed by atoms with van der Waals surface area (Å²) in [5, 5.41) is 0. The predicted octanol–water partition coefficient (Wildman–Crippen LogP) is 3.40. The first kappa shape index (κ1) is 13.6. The molecule has 0 aliphatic carbocycles. The summed E-state index contributed by atoms with van der Waals surface area (Å²) in [6.45, 7) is 0.634. The highest BCUT2D eigenvalue weighted by Crippen LogP contribution is 2.24. The van der Waals surface area contributed by atoms with Crippen LogP contribution in [-0.4, -0.2) is 6.54 Å². The molecule has 0 saturated carbocycles. The molecule has 0 heterocycles. The van der Waals surface area contributed by atoms with Gasteiger partial charge in [-0.2, -0.15) is 0 Å². The molecule has 0 fully saturated rings. The zero-order chi connectivity index (χ0) is 11.2. The summed E-state index contributed by atoms with van der Waals surface area (Å²) in [6, 6.07) is 17.8. The minimum atomic E-state index is 0. The molecule has 2 nitrogen and oxygen atoms in total. The van der Waals surface area contributed by atoms with Crippen molar-refractivity contribution >= 4 is 12.4 Å². The lowest BCUT2D eigenvalue weighted by molar-refractivity contribution is 0.476. The molecule has 0 radical (unpaired) electrons. The van der Waals surface area contributed by atoms with Crippen LogP contribution in [0.1, 0.15) is 5.56 Å². The fourth-order valence-electron chi connectivity index (χ4n) is 1.58. The van der Waals surface area contributed by atoms with E-state index in [-0.39, 0.29) is 12.4 Å². The number of hydrogen-bond acceptors (Lipinski definition) is 2. The van der Waals surface area contributed by atoms with Crippen LogP contribution < -0.4 is 10.5 Å². The van der Waals surface area contributed by atoms with Gasteiger partial charge in [0.1, 0.15) is 11.5 Å². The van der Waals surface area contributed by atoms with Crippen molar-refractivity contribution in [3.05, 3.63) is 60.2 Å². The van der Waals surface area contributed by atoms with Crippen molar-refractivity contribution in [2.75, 3.05) is 6.54 Å². The number of rotatable bonds is 4. The van der Waals surface area contributed by atoms with Gasteiger partial charge in [-0.05, 0) is 36.7 Å². The summed E-state index contributed by atoms with van der Waals surface area (Å²) in [5.74, 6) is 1.74. The van der Waals surface area contributed by atoms with Crippen LogP contribution in [0.15, 0.2) is 54.6 Å². The summed E-state index contributed by atoms with van der Waals surface area (Å²) in [7, 11) is 0. The average molecular weight is 250 g/mol. The Morgan fingerprint density at radius 1 is 0.882 bits per heavy atom. The highest BCUT2D eigenvalue weighted by molar-refractivity contribution is 5.85. The van der Waals surface area contributed by atoms with Crippen LogP contribution in [0.2, 0.25) is 0 Å². The van der Waals surface area contributed by atoms with Gasteiger partial charge < -0.3 is 10.5 Å². The Morgan fingerprint density at radius 2 is 1.53 bits per heavy atom. The van der Waals surface area contributed by atoms with Crippen LogP contribution in [0.4, 0.5) is 0 Å². The molecule has 3 heteroatoms. The van der Waals surface area contributed by atoms with Crippen molar-refractivity contribution in [3.8, 4) is 11.5 Å². The fourth-order valence-corrected chi connectivity index (χ4v) is 1.58. The lowest BCUT2D eigenvalue weighted by Gasteiger charge is -2.10. The number of halogens is 1. The fraction of sp³-hybridized carbons (Fsp3) is 0.143. The van der Waals surface area contributed by atoms with Crippen LogP contribution in [0, 0.1) is 0 Å². The molecule has 90 valence electrons. The zero-order valence-corrected chi connectivity index (χ0v) is 10.3. The third kappa shape index (κ3) is 3.77. The highest BCUT2D eigenvalue weighted by Gasteiger charge is 2.02. The van der Waals surface area contributed by atoms with E-state index in [0.717, 1.165) is 23.5 Å². The first-order chi connectivity index (χ1) is 7.90. The Bertz CT molecular complexity index is 445. The van der Waals surface area contributed by atoms with Crippen molar-refractivity contribution < 1.29 is 4.74 Å². The molecule has 2 N–H and O–H groups in total. The molecule has 0 unspecified atom stereocenters. The van der Waals surface area contributed by atoms with E-state index in [1.165, 1.54) is 0 Å². The lowest BCUT2D eigenvalue weighted by atomic mass is 10.1. The van der Waals surface area contributed by atoms with Crippen molar-refractivity contribution in [1.29, 1.82) is 0 Å². The molecule has 0 saturated heterocycles. The van der Waals surface area contributed by atoms with Crippen molar-refractivity contribution in [2.45, 2.75) is 6.42 Å². The summed E-state index contributed by atoms with van der Waals surface area (Å²) in [6.07, 6.45) is 0.836. The Morgan fingerprint density at radius 3 is 2.24 bits per heavy atom. The topological polar surface area (TPSA) is 35.2 Å². The molecule has 0 aromatic heterocycles. The molecular weight excluding hydrogens is 234 g/mol. The van der Waals surface area contributed by atoms with Gasteiger partial charge in [-0.15, -0.1) is 12.4 Å². The van der Waals surface area contributed by atoms with E-state index < -0.39 is 0 Å². The molecule has 0 atom stereocenters.